The minimum absolute atomic E-state index is 0.0944. The van der Waals surface area contributed by atoms with Crippen molar-refractivity contribution < 1.29 is 23.9 Å². The molecule has 0 aromatic heterocycles. The van der Waals surface area contributed by atoms with Crippen LogP contribution < -0.4 is 16.2 Å². The molecule has 0 radical (unpaired) electrons. The summed E-state index contributed by atoms with van der Waals surface area (Å²) in [5.41, 5.74) is 4.40. The minimum Gasteiger partial charge on any atom is -0.445 e. The normalized spacial score (nSPS) is 11.8. The van der Waals surface area contributed by atoms with Gasteiger partial charge in [-0.3, -0.25) is 10.2 Å². The second-order valence-corrected chi connectivity index (χ2v) is 6.04. The predicted molar refractivity (Wildman–Crippen MR) is 86.7 cm³/mol. The smallest absolute Gasteiger partial charge is 0.426 e. The van der Waals surface area contributed by atoms with Gasteiger partial charge >= 0.3 is 12.2 Å². The lowest BCUT2D eigenvalue weighted by atomic mass is 10.2. The van der Waals surface area contributed by atoms with Crippen LogP contribution in [-0.2, 0) is 20.9 Å². The van der Waals surface area contributed by atoms with E-state index in [0.717, 1.165) is 5.56 Å². The summed E-state index contributed by atoms with van der Waals surface area (Å²) in [5.74, 6) is -0.613. The third kappa shape index (κ3) is 8.02. The van der Waals surface area contributed by atoms with Crippen molar-refractivity contribution in [1.82, 2.24) is 16.2 Å². The summed E-state index contributed by atoms with van der Waals surface area (Å²) in [7, 11) is 0. The second-order valence-electron chi connectivity index (χ2n) is 6.04. The molecule has 8 heteroatoms. The maximum absolute atomic E-state index is 11.8. The summed E-state index contributed by atoms with van der Waals surface area (Å²) in [6.45, 7) is 6.64. The Kier molecular flexibility index (Phi) is 7.03. The Morgan fingerprint density at radius 1 is 1.04 bits per heavy atom. The molecule has 0 aliphatic rings. The number of hydrogen-bond donors (Lipinski definition) is 3. The lowest BCUT2D eigenvalue weighted by molar-refractivity contribution is -0.123. The van der Waals surface area contributed by atoms with Gasteiger partial charge in [-0.05, 0) is 33.3 Å². The van der Waals surface area contributed by atoms with E-state index in [9.17, 15) is 14.4 Å². The van der Waals surface area contributed by atoms with Crippen LogP contribution in [0.5, 0.6) is 0 Å². The first-order valence-corrected chi connectivity index (χ1v) is 7.43. The van der Waals surface area contributed by atoms with Crippen molar-refractivity contribution in [3.05, 3.63) is 35.9 Å². The molecule has 132 valence electrons. The first-order valence-electron chi connectivity index (χ1n) is 7.43. The van der Waals surface area contributed by atoms with Crippen molar-refractivity contribution in [2.75, 3.05) is 0 Å². The molecule has 3 N–H and O–H groups in total. The van der Waals surface area contributed by atoms with Crippen LogP contribution in [0.3, 0.4) is 0 Å². The Labute approximate surface area is 140 Å². The molecule has 0 fully saturated rings. The fraction of sp³-hybridized carbons (Fsp3) is 0.438. The van der Waals surface area contributed by atoms with E-state index < -0.39 is 29.7 Å². The summed E-state index contributed by atoms with van der Waals surface area (Å²) < 4.78 is 9.96. The van der Waals surface area contributed by atoms with Crippen LogP contribution in [0.25, 0.3) is 0 Å². The Hall–Kier alpha value is -2.77. The van der Waals surface area contributed by atoms with E-state index in [1.165, 1.54) is 6.92 Å². The predicted octanol–water partition coefficient (Wildman–Crippen LogP) is 1.86. The van der Waals surface area contributed by atoms with Gasteiger partial charge in [-0.1, -0.05) is 30.3 Å². The minimum atomic E-state index is -0.900. The number of amides is 3. The highest BCUT2D eigenvalue weighted by molar-refractivity contribution is 5.86. The van der Waals surface area contributed by atoms with E-state index in [4.69, 9.17) is 9.47 Å². The van der Waals surface area contributed by atoms with Crippen molar-refractivity contribution in [2.45, 2.75) is 45.9 Å². The summed E-state index contributed by atoms with van der Waals surface area (Å²) in [6, 6.07) is 8.24. The van der Waals surface area contributed by atoms with Gasteiger partial charge in [0.15, 0.2) is 0 Å². The zero-order valence-corrected chi connectivity index (χ0v) is 14.2. The van der Waals surface area contributed by atoms with Gasteiger partial charge in [0, 0.05) is 0 Å². The SMILES string of the molecule is CC(NC(=O)OCc1ccccc1)C(=O)NNC(=O)OC(C)(C)C. The summed E-state index contributed by atoms with van der Waals surface area (Å²) >= 11 is 0. The highest BCUT2D eigenvalue weighted by atomic mass is 16.6. The zero-order valence-electron chi connectivity index (χ0n) is 14.2. The molecule has 0 saturated heterocycles. The molecule has 24 heavy (non-hydrogen) atoms. The van der Waals surface area contributed by atoms with E-state index in [1.807, 2.05) is 30.3 Å². The van der Waals surface area contributed by atoms with E-state index in [2.05, 4.69) is 16.2 Å². The van der Waals surface area contributed by atoms with Crippen molar-refractivity contribution in [3.63, 3.8) is 0 Å². The average Bonchev–Trinajstić information content (AvgIpc) is 2.50. The van der Waals surface area contributed by atoms with E-state index in [1.54, 1.807) is 20.8 Å². The first kappa shape index (κ1) is 19.3. The molecular weight excluding hydrogens is 314 g/mol. The number of nitrogens with one attached hydrogen (secondary N) is 3. The van der Waals surface area contributed by atoms with Crippen LogP contribution in [0, 0.1) is 0 Å². The molecule has 1 rings (SSSR count). The van der Waals surface area contributed by atoms with Gasteiger partial charge in [0.05, 0.1) is 0 Å². The third-order valence-electron chi connectivity index (χ3n) is 2.63. The van der Waals surface area contributed by atoms with Gasteiger partial charge in [0.1, 0.15) is 18.2 Å². The third-order valence-corrected chi connectivity index (χ3v) is 2.63. The van der Waals surface area contributed by atoms with Crippen LogP contribution in [0.15, 0.2) is 30.3 Å². The quantitative estimate of drug-likeness (QED) is 0.727. The molecule has 0 saturated carbocycles. The highest BCUT2D eigenvalue weighted by Gasteiger charge is 2.19. The molecule has 1 atom stereocenters. The summed E-state index contributed by atoms with van der Waals surface area (Å²) in [6.07, 6.45) is -1.53. The Morgan fingerprint density at radius 2 is 1.67 bits per heavy atom. The van der Waals surface area contributed by atoms with Gasteiger partial charge in [-0.2, -0.15) is 0 Å². The van der Waals surface area contributed by atoms with Crippen LogP contribution in [0.2, 0.25) is 0 Å². The summed E-state index contributed by atoms with van der Waals surface area (Å²) in [5, 5.41) is 2.36. The number of hydrogen-bond acceptors (Lipinski definition) is 5. The highest BCUT2D eigenvalue weighted by Crippen LogP contribution is 2.05. The molecule has 0 aliphatic carbocycles. The molecule has 1 aromatic rings. The van der Waals surface area contributed by atoms with E-state index in [0.29, 0.717) is 0 Å². The molecular formula is C16H23N3O5. The van der Waals surface area contributed by atoms with E-state index in [-0.39, 0.29) is 6.61 Å². The molecule has 0 aliphatic heterocycles. The number of rotatable bonds is 4. The van der Waals surface area contributed by atoms with Gasteiger partial charge in [-0.15, -0.1) is 0 Å². The van der Waals surface area contributed by atoms with Gasteiger partial charge in [0.25, 0.3) is 5.91 Å². The molecule has 1 unspecified atom stereocenters. The van der Waals surface area contributed by atoms with Crippen LogP contribution in [0.4, 0.5) is 9.59 Å². The maximum Gasteiger partial charge on any atom is 0.426 e. The number of ether oxygens (including phenoxy) is 2. The fourth-order valence-electron chi connectivity index (χ4n) is 1.53. The molecule has 0 heterocycles. The lowest BCUT2D eigenvalue weighted by Gasteiger charge is -2.20. The summed E-state index contributed by atoms with van der Waals surface area (Å²) in [4.78, 5) is 34.8. The molecule has 1 aromatic carbocycles. The van der Waals surface area contributed by atoms with Crippen LogP contribution >= 0.6 is 0 Å². The van der Waals surface area contributed by atoms with Crippen molar-refractivity contribution in [2.24, 2.45) is 0 Å². The van der Waals surface area contributed by atoms with Gasteiger partial charge < -0.3 is 14.8 Å². The number of alkyl carbamates (subject to hydrolysis) is 1. The Balaban J connectivity index is 2.30. The van der Waals surface area contributed by atoms with Crippen LogP contribution in [-0.4, -0.2) is 29.7 Å². The second kappa shape index (κ2) is 8.76. The first-order chi connectivity index (χ1) is 11.2. The van der Waals surface area contributed by atoms with Crippen molar-refractivity contribution in [3.8, 4) is 0 Å². The van der Waals surface area contributed by atoms with E-state index >= 15 is 0 Å². The lowest BCUT2D eigenvalue weighted by Crippen LogP contribution is -2.52. The topological polar surface area (TPSA) is 106 Å². The fourth-order valence-corrected chi connectivity index (χ4v) is 1.53. The molecule has 3 amide bonds. The van der Waals surface area contributed by atoms with Crippen molar-refractivity contribution in [1.29, 1.82) is 0 Å². The Bertz CT molecular complexity index is 569. The van der Waals surface area contributed by atoms with Crippen molar-refractivity contribution >= 4 is 18.1 Å². The molecule has 8 nitrogen and oxygen atoms in total. The standard InChI is InChI=1S/C16H23N3O5/c1-11(13(20)18-19-15(22)24-16(2,3)4)17-14(21)23-10-12-8-6-5-7-9-12/h5-9,11H,10H2,1-4H3,(H,17,21)(H,18,20)(H,19,22). The van der Waals surface area contributed by atoms with Gasteiger partial charge in [-0.25, -0.2) is 15.0 Å². The van der Waals surface area contributed by atoms with Crippen LogP contribution in [0.1, 0.15) is 33.3 Å². The van der Waals surface area contributed by atoms with Gasteiger partial charge in [0.2, 0.25) is 0 Å². The number of benzene rings is 1. The Morgan fingerprint density at radius 3 is 2.25 bits per heavy atom. The zero-order chi connectivity index (χ0) is 18.2. The molecule has 0 spiro atoms. The monoisotopic (exact) mass is 337 g/mol. The largest absolute Gasteiger partial charge is 0.445 e. The number of carbonyl (C=O) groups excluding carboxylic acids is 3. The number of carbonyl (C=O) groups is 3. The maximum atomic E-state index is 11.8. The molecule has 0 bridgehead atoms. The number of hydrazine groups is 1. The average molecular weight is 337 g/mol.